The van der Waals surface area contributed by atoms with E-state index in [2.05, 4.69) is 25.6 Å². The first-order valence-corrected chi connectivity index (χ1v) is 10.3. The number of amides is 1. The van der Waals surface area contributed by atoms with E-state index in [1.54, 1.807) is 0 Å². The number of aromatic nitrogens is 3. The highest BCUT2D eigenvalue weighted by Crippen LogP contribution is 2.33. The summed E-state index contributed by atoms with van der Waals surface area (Å²) in [6.45, 7) is 6.51. The third kappa shape index (κ3) is 4.52. The molecule has 0 aromatic carbocycles. The van der Waals surface area contributed by atoms with Crippen molar-refractivity contribution in [1.29, 1.82) is 0 Å². The number of anilines is 1. The van der Waals surface area contributed by atoms with Gasteiger partial charge in [0.25, 0.3) is 5.91 Å². The highest BCUT2D eigenvalue weighted by Gasteiger charge is 2.21. The van der Waals surface area contributed by atoms with Crippen LogP contribution in [0.1, 0.15) is 26.6 Å². The summed E-state index contributed by atoms with van der Waals surface area (Å²) in [6, 6.07) is 5.91. The van der Waals surface area contributed by atoms with Crippen LogP contribution in [0.3, 0.4) is 0 Å². The van der Waals surface area contributed by atoms with Crippen LogP contribution in [0.4, 0.5) is 5.82 Å². The molecule has 1 amide bonds. The minimum absolute atomic E-state index is 0.110. The second-order valence-corrected chi connectivity index (χ2v) is 7.86. The molecule has 8 nitrogen and oxygen atoms in total. The van der Waals surface area contributed by atoms with E-state index in [0.29, 0.717) is 43.6 Å². The van der Waals surface area contributed by atoms with Crippen LogP contribution in [0.5, 0.6) is 0 Å². The van der Waals surface area contributed by atoms with Crippen molar-refractivity contribution in [1.82, 2.24) is 20.3 Å². The van der Waals surface area contributed by atoms with Crippen molar-refractivity contribution in [2.75, 3.05) is 31.7 Å². The fraction of sp³-hybridized carbons (Fsp3) is 0.400. The van der Waals surface area contributed by atoms with Crippen LogP contribution in [0.15, 0.2) is 24.5 Å². The Morgan fingerprint density at radius 2 is 2.17 bits per heavy atom. The van der Waals surface area contributed by atoms with Crippen LogP contribution in [-0.2, 0) is 16.0 Å². The predicted molar refractivity (Wildman–Crippen MR) is 111 cm³/mol. The van der Waals surface area contributed by atoms with E-state index in [4.69, 9.17) is 9.47 Å². The average molecular weight is 414 g/mol. The number of rotatable bonds is 6. The van der Waals surface area contributed by atoms with Crippen LogP contribution in [-0.4, -0.2) is 53.3 Å². The Balaban J connectivity index is 1.50. The summed E-state index contributed by atoms with van der Waals surface area (Å²) in [6.07, 6.45) is 1.40. The molecular weight excluding hydrogens is 390 g/mol. The quantitative estimate of drug-likeness (QED) is 0.640. The Kier molecular flexibility index (Phi) is 5.98. The van der Waals surface area contributed by atoms with E-state index in [-0.39, 0.29) is 12.0 Å². The fourth-order valence-electron chi connectivity index (χ4n) is 3.24. The van der Waals surface area contributed by atoms with E-state index < -0.39 is 0 Å². The maximum atomic E-state index is 12.7. The van der Waals surface area contributed by atoms with Crippen molar-refractivity contribution in [3.05, 3.63) is 46.4 Å². The van der Waals surface area contributed by atoms with Gasteiger partial charge in [-0.2, -0.15) is 0 Å². The smallest absolute Gasteiger partial charge is 0.261 e. The van der Waals surface area contributed by atoms with Gasteiger partial charge in [-0.25, -0.2) is 9.97 Å². The average Bonchev–Trinajstić information content (AvgIpc) is 3.09. The fourth-order valence-corrected chi connectivity index (χ4v) is 4.30. The molecule has 1 fully saturated rings. The third-order valence-electron chi connectivity index (χ3n) is 4.69. The molecule has 1 aliphatic rings. The van der Waals surface area contributed by atoms with Gasteiger partial charge in [0.05, 0.1) is 48.4 Å². The van der Waals surface area contributed by atoms with Gasteiger partial charge in [0.15, 0.2) is 0 Å². The Labute approximate surface area is 172 Å². The summed E-state index contributed by atoms with van der Waals surface area (Å²) in [5, 5.41) is 7.14. The molecule has 3 aromatic heterocycles. The molecule has 1 atom stereocenters. The summed E-state index contributed by atoms with van der Waals surface area (Å²) < 4.78 is 11.0. The number of thiophene rings is 1. The molecule has 9 heteroatoms. The van der Waals surface area contributed by atoms with Gasteiger partial charge in [-0.3, -0.25) is 9.78 Å². The van der Waals surface area contributed by atoms with Crippen molar-refractivity contribution >= 4 is 33.3 Å². The lowest BCUT2D eigenvalue weighted by Crippen LogP contribution is -2.39. The SMILES string of the molecule is Cc1cccc(CNc2ncnc3sc(C(=O)NC[C@H]4COCCO4)c(C)c23)n1. The zero-order valence-corrected chi connectivity index (χ0v) is 17.2. The number of hydrogen-bond donors (Lipinski definition) is 2. The standard InChI is InChI=1S/C20H23N5O3S/c1-12-4-3-5-14(25-12)8-21-18-16-13(2)17(29-20(16)24-11-23-18)19(26)22-9-15-10-27-6-7-28-15/h3-5,11,15H,6-10H2,1-2H3,(H,22,26)(H,21,23,24)/t15-/m0/s1. The molecule has 0 spiro atoms. The number of carbonyl (C=O) groups excluding carboxylic acids is 1. The van der Waals surface area contributed by atoms with E-state index >= 15 is 0 Å². The first-order chi connectivity index (χ1) is 14.1. The lowest BCUT2D eigenvalue weighted by molar-refractivity contribution is -0.0855. The lowest BCUT2D eigenvalue weighted by atomic mass is 10.2. The van der Waals surface area contributed by atoms with Gasteiger partial charge in [0, 0.05) is 12.2 Å². The van der Waals surface area contributed by atoms with Crippen molar-refractivity contribution in [3.8, 4) is 0 Å². The summed E-state index contributed by atoms with van der Waals surface area (Å²) in [4.78, 5) is 27.4. The number of pyridine rings is 1. The maximum absolute atomic E-state index is 12.7. The second-order valence-electron chi connectivity index (χ2n) is 6.86. The van der Waals surface area contributed by atoms with E-state index in [0.717, 1.165) is 27.2 Å². The molecule has 29 heavy (non-hydrogen) atoms. The van der Waals surface area contributed by atoms with E-state index in [1.807, 2.05) is 32.0 Å². The van der Waals surface area contributed by atoms with Crippen molar-refractivity contribution in [2.24, 2.45) is 0 Å². The second kappa shape index (κ2) is 8.81. The first kappa shape index (κ1) is 19.7. The van der Waals surface area contributed by atoms with Crippen LogP contribution < -0.4 is 10.6 Å². The number of nitrogens with one attached hydrogen (secondary N) is 2. The van der Waals surface area contributed by atoms with Crippen molar-refractivity contribution < 1.29 is 14.3 Å². The molecule has 152 valence electrons. The minimum Gasteiger partial charge on any atom is -0.376 e. The largest absolute Gasteiger partial charge is 0.376 e. The molecule has 0 unspecified atom stereocenters. The maximum Gasteiger partial charge on any atom is 0.261 e. The zero-order valence-electron chi connectivity index (χ0n) is 16.4. The van der Waals surface area contributed by atoms with Crippen LogP contribution in [0.25, 0.3) is 10.2 Å². The lowest BCUT2D eigenvalue weighted by Gasteiger charge is -2.22. The Bertz CT molecular complexity index is 1020. The Hall–Kier alpha value is -2.62. The Morgan fingerprint density at radius 3 is 2.97 bits per heavy atom. The highest BCUT2D eigenvalue weighted by atomic mass is 32.1. The van der Waals surface area contributed by atoms with Gasteiger partial charge in [0.2, 0.25) is 0 Å². The molecule has 3 aromatic rings. The summed E-state index contributed by atoms with van der Waals surface area (Å²) in [7, 11) is 0. The topological polar surface area (TPSA) is 98.3 Å². The zero-order chi connectivity index (χ0) is 20.2. The summed E-state index contributed by atoms with van der Waals surface area (Å²) in [5.74, 6) is 0.570. The molecule has 0 aliphatic carbocycles. The van der Waals surface area contributed by atoms with Gasteiger partial charge < -0.3 is 20.1 Å². The molecule has 0 bridgehead atoms. The summed E-state index contributed by atoms with van der Waals surface area (Å²) >= 11 is 1.37. The summed E-state index contributed by atoms with van der Waals surface area (Å²) in [5.41, 5.74) is 2.76. The van der Waals surface area contributed by atoms with Gasteiger partial charge in [-0.1, -0.05) is 6.07 Å². The van der Waals surface area contributed by atoms with Gasteiger partial charge >= 0.3 is 0 Å². The van der Waals surface area contributed by atoms with E-state index in [9.17, 15) is 4.79 Å². The number of aryl methyl sites for hydroxylation is 2. The normalized spacial score (nSPS) is 16.7. The molecule has 0 saturated carbocycles. The molecule has 1 aliphatic heterocycles. The van der Waals surface area contributed by atoms with Crippen molar-refractivity contribution in [2.45, 2.75) is 26.5 Å². The molecule has 4 heterocycles. The number of hydrogen-bond acceptors (Lipinski definition) is 8. The predicted octanol–water partition coefficient (Wildman–Crippen LogP) is 2.46. The molecule has 2 N–H and O–H groups in total. The Morgan fingerprint density at radius 1 is 1.28 bits per heavy atom. The number of nitrogens with zero attached hydrogens (tertiary/aromatic N) is 3. The minimum atomic E-state index is -0.133. The number of fused-ring (bicyclic) bond motifs is 1. The third-order valence-corrected chi connectivity index (χ3v) is 5.89. The number of ether oxygens (including phenoxy) is 2. The monoisotopic (exact) mass is 413 g/mol. The van der Waals surface area contributed by atoms with Crippen LogP contribution >= 0.6 is 11.3 Å². The molecule has 1 saturated heterocycles. The van der Waals surface area contributed by atoms with Crippen molar-refractivity contribution in [3.63, 3.8) is 0 Å². The van der Waals surface area contributed by atoms with E-state index in [1.165, 1.54) is 17.7 Å². The van der Waals surface area contributed by atoms with Crippen LogP contribution in [0, 0.1) is 13.8 Å². The molecule has 4 rings (SSSR count). The first-order valence-electron chi connectivity index (χ1n) is 9.50. The highest BCUT2D eigenvalue weighted by molar-refractivity contribution is 7.20. The van der Waals surface area contributed by atoms with Crippen LogP contribution in [0.2, 0.25) is 0 Å². The van der Waals surface area contributed by atoms with Gasteiger partial charge in [-0.05, 0) is 31.5 Å². The number of carbonyl (C=O) groups is 1. The van der Waals surface area contributed by atoms with Gasteiger partial charge in [0.1, 0.15) is 17.0 Å². The van der Waals surface area contributed by atoms with Gasteiger partial charge in [-0.15, -0.1) is 11.3 Å². The molecular formula is C20H23N5O3S. The molecule has 0 radical (unpaired) electrons.